The van der Waals surface area contributed by atoms with Crippen molar-refractivity contribution >= 4 is 51.3 Å². The Morgan fingerprint density at radius 2 is 2.06 bits per heavy atom. The first-order chi connectivity index (χ1) is 15.9. The van der Waals surface area contributed by atoms with Gasteiger partial charge in [-0.15, -0.1) is 11.3 Å². The molecule has 3 heterocycles. The zero-order valence-electron chi connectivity index (χ0n) is 17.4. The van der Waals surface area contributed by atoms with Crippen molar-refractivity contribution in [2.75, 3.05) is 11.6 Å². The molecule has 0 fully saturated rings. The maximum absolute atomic E-state index is 12.7. The molecule has 1 atom stereocenters. The maximum atomic E-state index is 12.7. The summed E-state index contributed by atoms with van der Waals surface area (Å²) in [7, 11) is 0. The third-order valence-electron chi connectivity index (χ3n) is 4.63. The molecule has 1 amide bonds. The Morgan fingerprint density at radius 3 is 2.82 bits per heavy atom. The van der Waals surface area contributed by atoms with Gasteiger partial charge in [-0.05, 0) is 25.3 Å². The Balaban J connectivity index is 1.44. The minimum atomic E-state index is -1.10. The maximum Gasteiger partial charge on any atom is 0.360 e. The molecule has 0 aliphatic heterocycles. The first kappa shape index (κ1) is 22.4. The summed E-state index contributed by atoms with van der Waals surface area (Å²) in [6, 6.07) is 11.4. The lowest BCUT2D eigenvalue weighted by atomic mass is 10.1. The van der Waals surface area contributed by atoms with Crippen LogP contribution in [0.25, 0.3) is 16.8 Å². The van der Waals surface area contributed by atoms with Crippen molar-refractivity contribution in [3.63, 3.8) is 0 Å². The van der Waals surface area contributed by atoms with Crippen LogP contribution in [-0.4, -0.2) is 43.5 Å². The normalized spacial score (nSPS) is 11.8. The van der Waals surface area contributed by atoms with Crippen LogP contribution in [0, 0.1) is 10.1 Å². The number of nitrogens with one attached hydrogen (secondary N) is 1. The van der Waals surface area contributed by atoms with E-state index in [1.54, 1.807) is 40.2 Å². The van der Waals surface area contributed by atoms with Gasteiger partial charge in [-0.1, -0.05) is 30.0 Å². The average molecular weight is 484 g/mol. The van der Waals surface area contributed by atoms with Crippen LogP contribution in [0.5, 0.6) is 0 Å². The molecule has 4 aromatic rings. The SMILES string of the molecule is CSc1nc(C(=O)OC(C)C(=O)Nc2nc(-c3cccc([N+](=O)[O-])c3)cs2)c2ccccn12. The van der Waals surface area contributed by atoms with Gasteiger partial charge in [0.1, 0.15) is 0 Å². The number of amides is 1. The minimum Gasteiger partial charge on any atom is -0.448 e. The molecule has 10 nitrogen and oxygen atoms in total. The fraction of sp³-hybridized carbons (Fsp3) is 0.143. The van der Waals surface area contributed by atoms with E-state index < -0.39 is 22.9 Å². The number of anilines is 1. The number of hydrogen-bond donors (Lipinski definition) is 1. The van der Waals surface area contributed by atoms with E-state index in [4.69, 9.17) is 4.74 Å². The van der Waals surface area contributed by atoms with Crippen molar-refractivity contribution in [3.8, 4) is 11.3 Å². The number of esters is 1. The summed E-state index contributed by atoms with van der Waals surface area (Å²) in [4.78, 5) is 44.3. The Hall–Kier alpha value is -3.77. The lowest BCUT2D eigenvalue weighted by molar-refractivity contribution is -0.384. The number of carbonyl (C=O) groups is 2. The molecular weight excluding hydrogens is 466 g/mol. The third kappa shape index (κ3) is 4.71. The number of nitrogens with zero attached hydrogens (tertiary/aromatic N) is 4. The topological polar surface area (TPSA) is 129 Å². The zero-order valence-corrected chi connectivity index (χ0v) is 19.1. The van der Waals surface area contributed by atoms with Crippen molar-refractivity contribution in [3.05, 3.63) is 69.8 Å². The van der Waals surface area contributed by atoms with Crippen LogP contribution in [0.3, 0.4) is 0 Å². The molecule has 0 aliphatic rings. The highest BCUT2D eigenvalue weighted by Gasteiger charge is 2.24. The summed E-state index contributed by atoms with van der Waals surface area (Å²) in [5.41, 5.74) is 1.69. The lowest BCUT2D eigenvalue weighted by Crippen LogP contribution is -2.30. The van der Waals surface area contributed by atoms with Gasteiger partial charge in [0.25, 0.3) is 11.6 Å². The number of ether oxygens (including phenoxy) is 1. The van der Waals surface area contributed by atoms with E-state index in [0.717, 1.165) is 11.3 Å². The highest BCUT2D eigenvalue weighted by atomic mass is 32.2. The Morgan fingerprint density at radius 1 is 1.24 bits per heavy atom. The van der Waals surface area contributed by atoms with Gasteiger partial charge in [0.2, 0.25) is 0 Å². The molecule has 4 rings (SSSR count). The number of rotatable bonds is 7. The first-order valence-corrected chi connectivity index (χ1v) is 11.7. The molecule has 0 saturated carbocycles. The molecule has 0 saturated heterocycles. The van der Waals surface area contributed by atoms with Crippen LogP contribution in [0.15, 0.2) is 59.2 Å². The lowest BCUT2D eigenvalue weighted by Gasteiger charge is -2.11. The standard InChI is InChI=1S/C21H17N5O5S2/c1-12(31-19(28)17-16-8-3-4-9-25(16)21(23-17)32-2)18(27)24-20-22-15(11-33-20)13-6-5-7-14(10-13)26(29)30/h3-12H,1-2H3,(H,22,24,27). The van der Waals surface area contributed by atoms with E-state index in [0.29, 0.717) is 21.9 Å². The number of fused-ring (bicyclic) bond motifs is 1. The quantitative estimate of drug-likeness (QED) is 0.179. The monoisotopic (exact) mass is 483 g/mol. The summed E-state index contributed by atoms with van der Waals surface area (Å²) in [6.45, 7) is 1.45. The van der Waals surface area contributed by atoms with Gasteiger partial charge in [-0.25, -0.2) is 14.8 Å². The molecule has 0 spiro atoms. The van der Waals surface area contributed by atoms with Gasteiger partial charge < -0.3 is 4.74 Å². The molecule has 0 aliphatic carbocycles. The van der Waals surface area contributed by atoms with Crippen molar-refractivity contribution in [2.45, 2.75) is 18.2 Å². The molecule has 3 aromatic heterocycles. The number of hydrogen-bond acceptors (Lipinski definition) is 9. The molecule has 168 valence electrons. The summed E-state index contributed by atoms with van der Waals surface area (Å²) in [6.07, 6.45) is 2.55. The van der Waals surface area contributed by atoms with Gasteiger partial charge in [0.15, 0.2) is 22.1 Å². The molecule has 12 heteroatoms. The first-order valence-electron chi connectivity index (χ1n) is 9.60. The van der Waals surface area contributed by atoms with E-state index >= 15 is 0 Å². The van der Waals surface area contributed by atoms with Crippen molar-refractivity contribution in [1.82, 2.24) is 14.4 Å². The predicted molar refractivity (Wildman–Crippen MR) is 125 cm³/mol. The molecule has 33 heavy (non-hydrogen) atoms. The largest absolute Gasteiger partial charge is 0.448 e. The summed E-state index contributed by atoms with van der Waals surface area (Å²) in [5, 5.41) is 16.2. The van der Waals surface area contributed by atoms with Crippen LogP contribution >= 0.6 is 23.1 Å². The van der Waals surface area contributed by atoms with E-state index in [-0.39, 0.29) is 16.5 Å². The number of nitro groups is 1. The van der Waals surface area contributed by atoms with Crippen LogP contribution in [0.1, 0.15) is 17.4 Å². The van der Waals surface area contributed by atoms with Crippen LogP contribution in [0.2, 0.25) is 0 Å². The molecule has 0 radical (unpaired) electrons. The smallest absolute Gasteiger partial charge is 0.360 e. The minimum absolute atomic E-state index is 0.0527. The number of benzene rings is 1. The number of aromatic nitrogens is 3. The van der Waals surface area contributed by atoms with E-state index in [2.05, 4.69) is 15.3 Å². The van der Waals surface area contributed by atoms with Gasteiger partial charge in [-0.3, -0.25) is 24.6 Å². The van der Waals surface area contributed by atoms with E-state index in [1.165, 1.54) is 30.8 Å². The van der Waals surface area contributed by atoms with Gasteiger partial charge >= 0.3 is 5.97 Å². The molecule has 0 bridgehead atoms. The number of thiazole rings is 1. The van der Waals surface area contributed by atoms with Crippen LogP contribution in [0.4, 0.5) is 10.8 Å². The number of nitro benzene ring substituents is 1. The second kappa shape index (κ2) is 9.38. The third-order valence-corrected chi connectivity index (χ3v) is 6.04. The van der Waals surface area contributed by atoms with Gasteiger partial charge in [-0.2, -0.15) is 0 Å². The molecule has 1 unspecified atom stereocenters. The number of non-ortho nitro benzene ring substituents is 1. The predicted octanol–water partition coefficient (Wildman–Crippen LogP) is 4.27. The van der Waals surface area contributed by atoms with E-state index in [9.17, 15) is 19.7 Å². The Kier molecular flexibility index (Phi) is 6.38. The van der Waals surface area contributed by atoms with Gasteiger partial charge in [0.05, 0.1) is 16.1 Å². The Labute approximate surface area is 195 Å². The average Bonchev–Trinajstić information content (AvgIpc) is 3.43. The van der Waals surface area contributed by atoms with E-state index in [1.807, 2.05) is 12.3 Å². The van der Waals surface area contributed by atoms with Crippen molar-refractivity contribution < 1.29 is 19.2 Å². The zero-order chi connectivity index (χ0) is 23.5. The summed E-state index contributed by atoms with van der Waals surface area (Å²) >= 11 is 2.54. The second-order valence-corrected chi connectivity index (χ2v) is 8.42. The van der Waals surface area contributed by atoms with Crippen LogP contribution < -0.4 is 5.32 Å². The van der Waals surface area contributed by atoms with Crippen LogP contribution in [-0.2, 0) is 9.53 Å². The fourth-order valence-corrected chi connectivity index (χ4v) is 4.28. The van der Waals surface area contributed by atoms with Crippen molar-refractivity contribution in [1.29, 1.82) is 0 Å². The molecule has 1 aromatic carbocycles. The highest BCUT2D eigenvalue weighted by Crippen LogP contribution is 2.27. The number of imidazole rings is 1. The fourth-order valence-electron chi connectivity index (χ4n) is 3.02. The van der Waals surface area contributed by atoms with Crippen molar-refractivity contribution in [2.24, 2.45) is 0 Å². The summed E-state index contributed by atoms with van der Waals surface area (Å²) in [5.74, 6) is -1.27. The molecular formula is C21H17N5O5S2. The van der Waals surface area contributed by atoms with Gasteiger partial charge in [0, 0.05) is 29.3 Å². The second-order valence-electron chi connectivity index (χ2n) is 6.79. The number of thioether (sulfide) groups is 1. The summed E-state index contributed by atoms with van der Waals surface area (Å²) < 4.78 is 7.11. The highest BCUT2D eigenvalue weighted by molar-refractivity contribution is 7.98. The number of pyridine rings is 1. The Bertz CT molecular complexity index is 1370. The number of carbonyl (C=O) groups excluding carboxylic acids is 2. The molecule has 1 N–H and O–H groups in total.